The molecule has 3 rings (SSSR count). The van der Waals surface area contributed by atoms with Crippen LogP contribution in [0.2, 0.25) is 0 Å². The fourth-order valence-electron chi connectivity index (χ4n) is 3.60. The molecular weight excluding hydrogens is 248 g/mol. The van der Waals surface area contributed by atoms with Gasteiger partial charge in [-0.1, -0.05) is 25.0 Å². The zero-order valence-electron chi connectivity index (χ0n) is 12.2. The largest absolute Gasteiger partial charge is 0.349 e. The number of rotatable bonds is 3. The van der Waals surface area contributed by atoms with Crippen molar-refractivity contribution in [3.8, 4) is 0 Å². The van der Waals surface area contributed by atoms with Crippen LogP contribution in [0.15, 0.2) is 18.2 Å². The summed E-state index contributed by atoms with van der Waals surface area (Å²) in [5.41, 5.74) is 3.40. The molecule has 0 radical (unpaired) electrons. The molecule has 3 heteroatoms. The minimum atomic E-state index is 0.114. The van der Waals surface area contributed by atoms with Crippen LogP contribution in [0.3, 0.4) is 0 Å². The second-order valence-electron chi connectivity index (χ2n) is 6.18. The summed E-state index contributed by atoms with van der Waals surface area (Å²) in [6, 6.07) is 6.39. The summed E-state index contributed by atoms with van der Waals surface area (Å²) in [7, 11) is 0. The summed E-state index contributed by atoms with van der Waals surface area (Å²) in [5.74, 6) is 0.781. The summed E-state index contributed by atoms with van der Waals surface area (Å²) in [5, 5.41) is 6.59. The quantitative estimate of drug-likeness (QED) is 0.888. The molecule has 0 bridgehead atoms. The Bertz CT molecular complexity index is 492. The van der Waals surface area contributed by atoms with Gasteiger partial charge in [0.2, 0.25) is 0 Å². The zero-order chi connectivity index (χ0) is 13.9. The van der Waals surface area contributed by atoms with Crippen LogP contribution in [-0.2, 0) is 13.0 Å². The Morgan fingerprint density at radius 1 is 1.35 bits per heavy atom. The number of carbonyl (C=O) groups excluding carboxylic acids is 1. The number of benzene rings is 1. The molecule has 0 spiro atoms. The maximum Gasteiger partial charge on any atom is 0.251 e. The van der Waals surface area contributed by atoms with E-state index < -0.39 is 0 Å². The van der Waals surface area contributed by atoms with Crippen LogP contribution in [0.1, 0.15) is 54.1 Å². The molecule has 1 atom stereocenters. The van der Waals surface area contributed by atoms with Crippen LogP contribution in [-0.4, -0.2) is 18.5 Å². The Labute approximate surface area is 121 Å². The minimum Gasteiger partial charge on any atom is -0.349 e. The number of hydrogen-bond acceptors (Lipinski definition) is 2. The molecule has 0 unspecified atom stereocenters. The van der Waals surface area contributed by atoms with Crippen molar-refractivity contribution < 1.29 is 4.79 Å². The van der Waals surface area contributed by atoms with E-state index in [0.29, 0.717) is 12.0 Å². The number of hydrogen-bond donors (Lipinski definition) is 2. The molecule has 1 heterocycles. The fourth-order valence-corrected chi connectivity index (χ4v) is 3.60. The Balaban J connectivity index is 1.73. The van der Waals surface area contributed by atoms with E-state index in [2.05, 4.69) is 23.6 Å². The lowest BCUT2D eigenvalue weighted by Gasteiger charge is -2.23. The molecule has 1 aromatic rings. The first-order valence-electron chi connectivity index (χ1n) is 7.88. The topological polar surface area (TPSA) is 41.1 Å². The standard InChI is InChI=1S/C17H24N2O/c1-12(13-5-2-3-6-13)19-17(20)16-8-4-7-14-11-18-10-9-15(14)16/h4,7-8,12-13,18H,2-3,5-6,9-11H2,1H3,(H,19,20)/t12-/m1/s1. The van der Waals surface area contributed by atoms with Gasteiger partial charge in [0.05, 0.1) is 0 Å². The average molecular weight is 272 g/mol. The van der Waals surface area contributed by atoms with Gasteiger partial charge in [-0.05, 0) is 55.8 Å². The molecule has 1 aliphatic heterocycles. The first-order valence-corrected chi connectivity index (χ1v) is 7.88. The van der Waals surface area contributed by atoms with E-state index in [-0.39, 0.29) is 5.91 Å². The Morgan fingerprint density at radius 3 is 2.95 bits per heavy atom. The maximum atomic E-state index is 12.6. The van der Waals surface area contributed by atoms with E-state index in [0.717, 1.165) is 25.1 Å². The Hall–Kier alpha value is -1.35. The monoisotopic (exact) mass is 272 g/mol. The first-order chi connectivity index (χ1) is 9.75. The third-order valence-electron chi connectivity index (χ3n) is 4.85. The summed E-state index contributed by atoms with van der Waals surface area (Å²) in [6.07, 6.45) is 6.11. The van der Waals surface area contributed by atoms with Gasteiger partial charge in [-0.15, -0.1) is 0 Å². The van der Waals surface area contributed by atoms with E-state index in [1.807, 2.05) is 12.1 Å². The smallest absolute Gasteiger partial charge is 0.251 e. The fraction of sp³-hybridized carbons (Fsp3) is 0.588. The highest BCUT2D eigenvalue weighted by Gasteiger charge is 2.24. The molecule has 3 nitrogen and oxygen atoms in total. The highest BCUT2D eigenvalue weighted by Crippen LogP contribution is 2.28. The predicted octanol–water partition coefficient (Wildman–Crippen LogP) is 2.64. The average Bonchev–Trinajstić information content (AvgIpc) is 3.01. The SMILES string of the molecule is C[C@@H](NC(=O)c1cccc2c1CCNC2)C1CCCC1. The van der Waals surface area contributed by atoms with Crippen molar-refractivity contribution in [2.45, 2.75) is 51.6 Å². The minimum absolute atomic E-state index is 0.114. The van der Waals surface area contributed by atoms with Crippen LogP contribution in [0.4, 0.5) is 0 Å². The van der Waals surface area contributed by atoms with Gasteiger partial charge in [-0.3, -0.25) is 4.79 Å². The van der Waals surface area contributed by atoms with Crippen LogP contribution >= 0.6 is 0 Å². The molecule has 2 N–H and O–H groups in total. The molecule has 1 amide bonds. The van der Waals surface area contributed by atoms with Crippen LogP contribution in [0.5, 0.6) is 0 Å². The molecule has 1 aliphatic carbocycles. The van der Waals surface area contributed by atoms with Gasteiger partial charge in [-0.25, -0.2) is 0 Å². The van der Waals surface area contributed by atoms with Gasteiger partial charge < -0.3 is 10.6 Å². The Morgan fingerprint density at radius 2 is 2.15 bits per heavy atom. The highest BCUT2D eigenvalue weighted by molar-refractivity contribution is 5.96. The lowest BCUT2D eigenvalue weighted by molar-refractivity contribution is 0.0926. The van der Waals surface area contributed by atoms with Gasteiger partial charge in [-0.2, -0.15) is 0 Å². The summed E-state index contributed by atoms with van der Waals surface area (Å²) in [4.78, 5) is 12.6. The molecule has 1 fully saturated rings. The number of fused-ring (bicyclic) bond motifs is 1. The van der Waals surface area contributed by atoms with Crippen LogP contribution in [0, 0.1) is 5.92 Å². The lowest BCUT2D eigenvalue weighted by atomic mass is 9.94. The van der Waals surface area contributed by atoms with Crippen LogP contribution < -0.4 is 10.6 Å². The zero-order valence-corrected chi connectivity index (χ0v) is 12.2. The molecule has 1 aromatic carbocycles. The number of carbonyl (C=O) groups is 1. The summed E-state index contributed by atoms with van der Waals surface area (Å²) >= 11 is 0. The van der Waals surface area contributed by atoms with E-state index in [1.54, 1.807) is 0 Å². The van der Waals surface area contributed by atoms with Gasteiger partial charge in [0.1, 0.15) is 0 Å². The van der Waals surface area contributed by atoms with Crippen molar-refractivity contribution in [2.75, 3.05) is 6.54 Å². The molecule has 108 valence electrons. The van der Waals surface area contributed by atoms with Crippen molar-refractivity contribution in [3.63, 3.8) is 0 Å². The van der Waals surface area contributed by atoms with Gasteiger partial charge in [0.25, 0.3) is 5.91 Å². The molecule has 0 aromatic heterocycles. The summed E-state index contributed by atoms with van der Waals surface area (Å²) < 4.78 is 0. The highest BCUT2D eigenvalue weighted by atomic mass is 16.1. The van der Waals surface area contributed by atoms with Crippen LogP contribution in [0.25, 0.3) is 0 Å². The van der Waals surface area contributed by atoms with Gasteiger partial charge in [0, 0.05) is 18.2 Å². The van der Waals surface area contributed by atoms with E-state index in [4.69, 9.17) is 0 Å². The van der Waals surface area contributed by atoms with Crippen molar-refractivity contribution >= 4 is 5.91 Å². The van der Waals surface area contributed by atoms with E-state index in [9.17, 15) is 4.79 Å². The van der Waals surface area contributed by atoms with E-state index in [1.165, 1.54) is 36.8 Å². The van der Waals surface area contributed by atoms with Crippen molar-refractivity contribution in [1.29, 1.82) is 0 Å². The second kappa shape index (κ2) is 5.96. The van der Waals surface area contributed by atoms with Gasteiger partial charge >= 0.3 is 0 Å². The van der Waals surface area contributed by atoms with Crippen molar-refractivity contribution in [2.24, 2.45) is 5.92 Å². The number of amides is 1. The molecular formula is C17H24N2O. The normalized spacial score (nSPS) is 20.4. The molecule has 1 saturated carbocycles. The van der Waals surface area contributed by atoms with Crippen molar-refractivity contribution in [1.82, 2.24) is 10.6 Å². The molecule has 2 aliphatic rings. The lowest BCUT2D eigenvalue weighted by Crippen LogP contribution is -2.38. The maximum absolute atomic E-state index is 12.6. The van der Waals surface area contributed by atoms with E-state index >= 15 is 0 Å². The van der Waals surface area contributed by atoms with Gasteiger partial charge in [0.15, 0.2) is 0 Å². The third kappa shape index (κ3) is 2.73. The second-order valence-corrected chi connectivity index (χ2v) is 6.18. The molecule has 20 heavy (non-hydrogen) atoms. The van der Waals surface area contributed by atoms with Crippen molar-refractivity contribution in [3.05, 3.63) is 34.9 Å². The Kier molecular flexibility index (Phi) is 4.06. The first kappa shape index (κ1) is 13.6. The summed E-state index contributed by atoms with van der Waals surface area (Å²) in [6.45, 7) is 4.01. The third-order valence-corrected chi connectivity index (χ3v) is 4.85. The number of nitrogens with one attached hydrogen (secondary N) is 2. The predicted molar refractivity (Wildman–Crippen MR) is 80.7 cm³/mol. The molecule has 0 saturated heterocycles.